The van der Waals surface area contributed by atoms with Gasteiger partial charge in [0.25, 0.3) is 5.90 Å². The second-order valence-corrected chi connectivity index (χ2v) is 3.57. The third-order valence-electron chi connectivity index (χ3n) is 2.23. The standard InChI is InChI=1S/C12H11ClN2O3/c1-16-14-11(12-15-18-7-6-17-12)10-5-3-2-4-9(10)8-13/h2-7H,8H2,1H3/b14-11+. The van der Waals surface area contributed by atoms with Crippen LogP contribution in [0.15, 0.2) is 47.1 Å². The molecule has 1 aromatic rings. The van der Waals surface area contributed by atoms with Crippen molar-refractivity contribution in [3.05, 3.63) is 47.9 Å². The molecule has 0 bridgehead atoms. The number of alkyl halides is 1. The van der Waals surface area contributed by atoms with Gasteiger partial charge in [0.15, 0.2) is 12.0 Å². The minimum Gasteiger partial charge on any atom is -0.439 e. The molecule has 0 spiro atoms. The Morgan fingerprint density at radius 1 is 1.39 bits per heavy atom. The first-order valence-electron chi connectivity index (χ1n) is 5.18. The Morgan fingerprint density at radius 2 is 2.22 bits per heavy atom. The van der Waals surface area contributed by atoms with E-state index in [1.165, 1.54) is 19.6 Å². The maximum absolute atomic E-state index is 5.89. The zero-order valence-corrected chi connectivity index (χ0v) is 10.4. The van der Waals surface area contributed by atoms with E-state index in [1.807, 2.05) is 24.3 Å². The van der Waals surface area contributed by atoms with Gasteiger partial charge in [-0.2, -0.15) is 0 Å². The first-order chi connectivity index (χ1) is 8.86. The largest absolute Gasteiger partial charge is 0.439 e. The van der Waals surface area contributed by atoms with Crippen molar-refractivity contribution < 1.29 is 14.4 Å². The van der Waals surface area contributed by atoms with Crippen LogP contribution in [0, 0.1) is 0 Å². The molecule has 94 valence electrons. The number of hydrogen-bond acceptors (Lipinski definition) is 5. The molecule has 0 aromatic heterocycles. The Kier molecular flexibility index (Phi) is 4.20. The maximum atomic E-state index is 5.89. The summed E-state index contributed by atoms with van der Waals surface area (Å²) in [5.41, 5.74) is 2.11. The molecule has 1 aliphatic heterocycles. The number of benzene rings is 1. The van der Waals surface area contributed by atoms with Crippen LogP contribution >= 0.6 is 11.6 Å². The Labute approximate surface area is 109 Å². The van der Waals surface area contributed by atoms with Gasteiger partial charge in [-0.15, -0.1) is 11.6 Å². The van der Waals surface area contributed by atoms with Crippen LogP contribution in [0.25, 0.3) is 0 Å². The molecule has 0 saturated heterocycles. The highest BCUT2D eigenvalue weighted by molar-refractivity contribution is 6.45. The Balaban J connectivity index is 2.42. The average Bonchev–Trinajstić information content (AvgIpc) is 2.46. The van der Waals surface area contributed by atoms with Gasteiger partial charge in [0, 0.05) is 11.4 Å². The fourth-order valence-corrected chi connectivity index (χ4v) is 1.71. The molecule has 0 atom stereocenters. The summed E-state index contributed by atoms with van der Waals surface area (Å²) in [5, 5.41) is 7.67. The summed E-state index contributed by atoms with van der Waals surface area (Å²) >= 11 is 5.89. The zero-order chi connectivity index (χ0) is 12.8. The number of oxime groups is 2. The molecule has 0 unspecified atom stereocenters. The highest BCUT2D eigenvalue weighted by atomic mass is 35.5. The summed E-state index contributed by atoms with van der Waals surface area (Å²) in [6.45, 7) is 0. The van der Waals surface area contributed by atoms with E-state index in [0.29, 0.717) is 11.6 Å². The first-order valence-corrected chi connectivity index (χ1v) is 5.71. The van der Waals surface area contributed by atoms with Crippen LogP contribution in [0.5, 0.6) is 0 Å². The molecule has 0 aliphatic carbocycles. The molecule has 18 heavy (non-hydrogen) atoms. The molecular weight excluding hydrogens is 256 g/mol. The fraction of sp³-hybridized carbons (Fsp3) is 0.167. The van der Waals surface area contributed by atoms with Gasteiger partial charge < -0.3 is 14.4 Å². The Hall–Kier alpha value is -2.01. The predicted octanol–water partition coefficient (Wildman–Crippen LogP) is 2.61. The molecule has 0 fully saturated rings. The van der Waals surface area contributed by atoms with Gasteiger partial charge in [-0.25, -0.2) is 0 Å². The van der Waals surface area contributed by atoms with Crippen molar-refractivity contribution in [3.63, 3.8) is 0 Å². The van der Waals surface area contributed by atoms with Crippen LogP contribution in [-0.2, 0) is 20.3 Å². The molecule has 1 aromatic carbocycles. The first kappa shape index (κ1) is 12.4. The molecule has 6 heteroatoms. The molecule has 1 aliphatic rings. The number of nitrogens with zero attached hydrogens (tertiary/aromatic N) is 2. The minimum atomic E-state index is 0.219. The number of rotatable bonds is 4. The van der Waals surface area contributed by atoms with Crippen LogP contribution in [0.4, 0.5) is 0 Å². The Bertz CT molecular complexity index is 512. The normalized spacial score (nSPS) is 14.6. The molecule has 0 N–H and O–H groups in total. The predicted molar refractivity (Wildman–Crippen MR) is 68.3 cm³/mol. The summed E-state index contributed by atoms with van der Waals surface area (Å²) in [7, 11) is 1.45. The summed E-state index contributed by atoms with van der Waals surface area (Å²) in [6, 6.07) is 7.52. The number of ether oxygens (including phenoxy) is 1. The van der Waals surface area contributed by atoms with Crippen LogP contribution in [0.3, 0.4) is 0 Å². The van der Waals surface area contributed by atoms with Crippen molar-refractivity contribution >= 4 is 23.2 Å². The molecule has 0 saturated carbocycles. The Morgan fingerprint density at radius 3 is 2.89 bits per heavy atom. The molecule has 1 heterocycles. The second-order valence-electron chi connectivity index (χ2n) is 3.31. The SMILES string of the molecule is CO/N=C(/C1=NOC=CO1)c1ccccc1CCl. The van der Waals surface area contributed by atoms with E-state index >= 15 is 0 Å². The smallest absolute Gasteiger partial charge is 0.286 e. The van der Waals surface area contributed by atoms with Gasteiger partial charge >= 0.3 is 0 Å². The van der Waals surface area contributed by atoms with E-state index in [2.05, 4.69) is 10.3 Å². The van der Waals surface area contributed by atoms with Crippen molar-refractivity contribution in [1.82, 2.24) is 0 Å². The summed E-state index contributed by atoms with van der Waals surface area (Å²) in [5.74, 6) is 0.569. The second kappa shape index (κ2) is 6.07. The lowest BCUT2D eigenvalue weighted by atomic mass is 10.0. The van der Waals surface area contributed by atoms with Crippen LogP contribution < -0.4 is 0 Å². The van der Waals surface area contributed by atoms with E-state index in [1.54, 1.807) is 0 Å². The third-order valence-corrected chi connectivity index (χ3v) is 2.52. The number of halogens is 1. The van der Waals surface area contributed by atoms with E-state index in [4.69, 9.17) is 26.0 Å². The van der Waals surface area contributed by atoms with Crippen LogP contribution in [-0.4, -0.2) is 18.7 Å². The molecule has 0 amide bonds. The lowest BCUT2D eigenvalue weighted by molar-refractivity contribution is 0.209. The van der Waals surface area contributed by atoms with Gasteiger partial charge in [-0.1, -0.05) is 29.4 Å². The van der Waals surface area contributed by atoms with Crippen LogP contribution in [0.1, 0.15) is 11.1 Å². The van der Waals surface area contributed by atoms with Gasteiger partial charge in [0.05, 0.1) is 0 Å². The molecule has 0 radical (unpaired) electrons. The van der Waals surface area contributed by atoms with E-state index in [0.717, 1.165) is 11.1 Å². The summed E-state index contributed by atoms with van der Waals surface area (Å²) < 4.78 is 5.24. The van der Waals surface area contributed by atoms with Crippen molar-refractivity contribution in [2.24, 2.45) is 10.3 Å². The van der Waals surface area contributed by atoms with E-state index < -0.39 is 0 Å². The van der Waals surface area contributed by atoms with Gasteiger partial charge in [0.2, 0.25) is 0 Å². The lowest BCUT2D eigenvalue weighted by Gasteiger charge is -2.12. The highest BCUT2D eigenvalue weighted by Gasteiger charge is 2.19. The van der Waals surface area contributed by atoms with E-state index in [-0.39, 0.29) is 5.90 Å². The van der Waals surface area contributed by atoms with E-state index in [9.17, 15) is 0 Å². The topological polar surface area (TPSA) is 52.4 Å². The van der Waals surface area contributed by atoms with Crippen molar-refractivity contribution in [1.29, 1.82) is 0 Å². The molecule has 2 rings (SSSR count). The minimum absolute atomic E-state index is 0.219. The van der Waals surface area contributed by atoms with Crippen LogP contribution in [0.2, 0.25) is 0 Å². The van der Waals surface area contributed by atoms with Gasteiger partial charge in [0.1, 0.15) is 13.4 Å². The average molecular weight is 267 g/mol. The van der Waals surface area contributed by atoms with Crippen molar-refractivity contribution in [2.75, 3.05) is 7.11 Å². The third kappa shape index (κ3) is 2.62. The molecule has 5 nitrogen and oxygen atoms in total. The summed E-state index contributed by atoms with van der Waals surface area (Å²) in [4.78, 5) is 9.63. The molecular formula is C12H11ClN2O3. The van der Waals surface area contributed by atoms with Crippen molar-refractivity contribution in [2.45, 2.75) is 5.88 Å². The number of hydrogen-bond donors (Lipinski definition) is 0. The summed E-state index contributed by atoms with van der Waals surface area (Å²) in [6.07, 6.45) is 2.69. The quantitative estimate of drug-likeness (QED) is 0.478. The monoisotopic (exact) mass is 266 g/mol. The van der Waals surface area contributed by atoms with Gasteiger partial charge in [-0.05, 0) is 10.7 Å². The lowest BCUT2D eigenvalue weighted by Crippen LogP contribution is -2.20. The zero-order valence-electron chi connectivity index (χ0n) is 9.67. The highest BCUT2D eigenvalue weighted by Crippen LogP contribution is 2.15. The fourth-order valence-electron chi connectivity index (χ4n) is 1.48. The van der Waals surface area contributed by atoms with Gasteiger partial charge in [-0.3, -0.25) is 0 Å². The maximum Gasteiger partial charge on any atom is 0.286 e. The van der Waals surface area contributed by atoms with Crippen molar-refractivity contribution in [3.8, 4) is 0 Å².